The monoisotopic (exact) mass is 252 g/mol. The quantitative estimate of drug-likeness (QED) is 0.787. The van der Waals surface area contributed by atoms with Crippen molar-refractivity contribution >= 4 is 5.91 Å². The van der Waals surface area contributed by atoms with E-state index in [0.29, 0.717) is 17.3 Å². The first kappa shape index (κ1) is 13.9. The smallest absolute Gasteiger partial charge is 0.227 e. The van der Waals surface area contributed by atoms with Crippen LogP contribution in [0, 0.1) is 22.7 Å². The van der Waals surface area contributed by atoms with Gasteiger partial charge < -0.3 is 10.6 Å². The second-order valence-electron chi connectivity index (χ2n) is 6.94. The molecule has 1 saturated carbocycles. The van der Waals surface area contributed by atoms with E-state index in [2.05, 4.69) is 38.3 Å². The van der Waals surface area contributed by atoms with Crippen molar-refractivity contribution in [3.8, 4) is 0 Å². The Balaban J connectivity index is 1.95. The predicted molar refractivity (Wildman–Crippen MR) is 74.3 cm³/mol. The highest BCUT2D eigenvalue weighted by Gasteiger charge is 2.48. The van der Waals surface area contributed by atoms with Gasteiger partial charge in [-0.3, -0.25) is 4.79 Å². The van der Waals surface area contributed by atoms with Gasteiger partial charge in [0.1, 0.15) is 0 Å². The van der Waals surface area contributed by atoms with E-state index in [4.69, 9.17) is 0 Å². The Morgan fingerprint density at radius 3 is 2.22 bits per heavy atom. The summed E-state index contributed by atoms with van der Waals surface area (Å²) in [5.74, 6) is 1.35. The maximum atomic E-state index is 12.6. The lowest BCUT2D eigenvalue weighted by Crippen LogP contribution is -2.48. The summed E-state index contributed by atoms with van der Waals surface area (Å²) in [6.45, 7) is 11.6. The van der Waals surface area contributed by atoms with Crippen LogP contribution in [-0.4, -0.2) is 25.5 Å². The van der Waals surface area contributed by atoms with Crippen molar-refractivity contribution in [3.05, 3.63) is 0 Å². The van der Waals surface area contributed by atoms with Crippen LogP contribution in [0.15, 0.2) is 0 Å². The second-order valence-corrected chi connectivity index (χ2v) is 6.94. The lowest BCUT2D eigenvalue weighted by Gasteiger charge is -2.32. The molecule has 104 valence electrons. The van der Waals surface area contributed by atoms with E-state index in [1.165, 1.54) is 12.8 Å². The Morgan fingerprint density at radius 2 is 1.83 bits per heavy atom. The molecule has 0 aromatic rings. The molecule has 1 heterocycles. The number of carbonyl (C=O) groups is 1. The Labute approximate surface area is 111 Å². The summed E-state index contributed by atoms with van der Waals surface area (Å²) in [6, 6.07) is 0. The zero-order valence-corrected chi connectivity index (χ0v) is 12.3. The van der Waals surface area contributed by atoms with Crippen LogP contribution in [0.3, 0.4) is 0 Å². The van der Waals surface area contributed by atoms with E-state index in [-0.39, 0.29) is 11.3 Å². The molecule has 2 aliphatic rings. The molecule has 3 heteroatoms. The number of hydrogen-bond donors (Lipinski definition) is 2. The SMILES string of the molecule is CC(C)C1(CNC(=O)C2(C(C)C)CCNC2)CC1. The highest BCUT2D eigenvalue weighted by molar-refractivity contribution is 5.83. The van der Waals surface area contributed by atoms with E-state index in [0.717, 1.165) is 26.1 Å². The molecule has 2 N–H and O–H groups in total. The van der Waals surface area contributed by atoms with Crippen LogP contribution in [0.2, 0.25) is 0 Å². The zero-order valence-electron chi connectivity index (χ0n) is 12.3. The Bertz CT molecular complexity index is 312. The molecule has 1 atom stereocenters. The largest absolute Gasteiger partial charge is 0.355 e. The fraction of sp³-hybridized carbons (Fsp3) is 0.933. The molecule has 2 rings (SSSR count). The highest BCUT2D eigenvalue weighted by Crippen LogP contribution is 2.51. The number of hydrogen-bond acceptors (Lipinski definition) is 2. The topological polar surface area (TPSA) is 41.1 Å². The second kappa shape index (κ2) is 4.84. The van der Waals surface area contributed by atoms with Gasteiger partial charge >= 0.3 is 0 Å². The third-order valence-corrected chi connectivity index (χ3v) is 5.46. The molecule has 0 radical (unpaired) electrons. The summed E-state index contributed by atoms with van der Waals surface area (Å²) in [4.78, 5) is 12.6. The summed E-state index contributed by atoms with van der Waals surface area (Å²) in [5.41, 5.74) is 0.229. The fourth-order valence-electron chi connectivity index (χ4n) is 3.21. The maximum absolute atomic E-state index is 12.6. The van der Waals surface area contributed by atoms with Crippen molar-refractivity contribution in [2.45, 2.75) is 47.0 Å². The van der Waals surface area contributed by atoms with Crippen LogP contribution >= 0.6 is 0 Å². The lowest BCUT2D eigenvalue weighted by molar-refractivity contribution is -0.132. The van der Waals surface area contributed by atoms with E-state index < -0.39 is 0 Å². The third kappa shape index (κ3) is 2.29. The minimum absolute atomic E-state index is 0.174. The molecule has 18 heavy (non-hydrogen) atoms. The molecule has 1 aliphatic heterocycles. The van der Waals surface area contributed by atoms with Gasteiger partial charge in [0.15, 0.2) is 0 Å². The standard InChI is InChI=1S/C15H28N2O/c1-11(2)14(5-6-14)9-17-13(18)15(12(3)4)7-8-16-10-15/h11-12,16H,5-10H2,1-4H3,(H,17,18). The Kier molecular flexibility index (Phi) is 3.72. The van der Waals surface area contributed by atoms with E-state index in [1.807, 2.05) is 0 Å². The van der Waals surface area contributed by atoms with Crippen molar-refractivity contribution in [2.24, 2.45) is 22.7 Å². The Morgan fingerprint density at radius 1 is 1.17 bits per heavy atom. The average Bonchev–Trinajstić information content (AvgIpc) is 2.94. The molecule has 2 fully saturated rings. The zero-order chi connectivity index (χ0) is 13.4. The van der Waals surface area contributed by atoms with Gasteiger partial charge in [-0.25, -0.2) is 0 Å². The average molecular weight is 252 g/mol. The van der Waals surface area contributed by atoms with E-state index in [1.54, 1.807) is 0 Å². The van der Waals surface area contributed by atoms with Crippen LogP contribution < -0.4 is 10.6 Å². The highest BCUT2D eigenvalue weighted by atomic mass is 16.2. The minimum atomic E-state index is -0.174. The van der Waals surface area contributed by atoms with Crippen LogP contribution in [0.5, 0.6) is 0 Å². The normalized spacial score (nSPS) is 29.9. The first-order chi connectivity index (χ1) is 8.43. The van der Waals surface area contributed by atoms with Gasteiger partial charge in [0.05, 0.1) is 5.41 Å². The summed E-state index contributed by atoms with van der Waals surface area (Å²) < 4.78 is 0. The van der Waals surface area contributed by atoms with Crippen LogP contribution in [0.1, 0.15) is 47.0 Å². The molecule has 0 bridgehead atoms. The summed E-state index contributed by atoms with van der Waals surface area (Å²) >= 11 is 0. The van der Waals surface area contributed by atoms with E-state index in [9.17, 15) is 4.79 Å². The minimum Gasteiger partial charge on any atom is -0.355 e. The maximum Gasteiger partial charge on any atom is 0.227 e. The van der Waals surface area contributed by atoms with Gasteiger partial charge in [-0.05, 0) is 43.1 Å². The van der Waals surface area contributed by atoms with Crippen molar-refractivity contribution in [1.82, 2.24) is 10.6 Å². The summed E-state index contributed by atoms with van der Waals surface area (Å²) in [6.07, 6.45) is 3.53. The first-order valence-corrected chi connectivity index (χ1v) is 7.42. The number of amides is 1. The molecule has 0 aromatic carbocycles. The molecule has 0 spiro atoms. The molecule has 0 aromatic heterocycles. The van der Waals surface area contributed by atoms with Gasteiger partial charge in [-0.15, -0.1) is 0 Å². The van der Waals surface area contributed by atoms with Crippen molar-refractivity contribution in [1.29, 1.82) is 0 Å². The lowest BCUT2D eigenvalue weighted by atomic mass is 9.75. The number of carbonyl (C=O) groups excluding carboxylic acids is 1. The van der Waals surface area contributed by atoms with Gasteiger partial charge in [-0.1, -0.05) is 27.7 Å². The third-order valence-electron chi connectivity index (χ3n) is 5.46. The van der Waals surface area contributed by atoms with Crippen molar-refractivity contribution in [3.63, 3.8) is 0 Å². The molecule has 1 saturated heterocycles. The van der Waals surface area contributed by atoms with Gasteiger partial charge in [0.25, 0.3) is 0 Å². The van der Waals surface area contributed by atoms with Gasteiger partial charge in [-0.2, -0.15) is 0 Å². The van der Waals surface area contributed by atoms with Crippen LogP contribution in [0.4, 0.5) is 0 Å². The van der Waals surface area contributed by atoms with Crippen molar-refractivity contribution in [2.75, 3.05) is 19.6 Å². The number of rotatable bonds is 5. The summed E-state index contributed by atoms with van der Waals surface area (Å²) in [5, 5.41) is 6.60. The summed E-state index contributed by atoms with van der Waals surface area (Å²) in [7, 11) is 0. The fourth-order valence-corrected chi connectivity index (χ4v) is 3.21. The molecule has 3 nitrogen and oxygen atoms in total. The molecule has 1 unspecified atom stereocenters. The van der Waals surface area contributed by atoms with Crippen molar-refractivity contribution < 1.29 is 4.79 Å². The first-order valence-electron chi connectivity index (χ1n) is 7.42. The van der Waals surface area contributed by atoms with Crippen LogP contribution in [0.25, 0.3) is 0 Å². The van der Waals surface area contributed by atoms with Gasteiger partial charge in [0.2, 0.25) is 5.91 Å². The van der Waals surface area contributed by atoms with E-state index >= 15 is 0 Å². The van der Waals surface area contributed by atoms with Crippen LogP contribution in [-0.2, 0) is 4.79 Å². The molecular weight excluding hydrogens is 224 g/mol. The molecular formula is C15H28N2O. The molecule has 1 aliphatic carbocycles. The Hall–Kier alpha value is -0.570. The number of nitrogens with one attached hydrogen (secondary N) is 2. The molecule has 1 amide bonds. The van der Waals surface area contributed by atoms with Gasteiger partial charge in [0, 0.05) is 13.1 Å². The predicted octanol–water partition coefficient (Wildman–Crippen LogP) is 2.17.